The van der Waals surface area contributed by atoms with E-state index >= 15 is 0 Å². The quantitative estimate of drug-likeness (QED) is 0.632. The van der Waals surface area contributed by atoms with E-state index in [2.05, 4.69) is 17.5 Å². The van der Waals surface area contributed by atoms with Gasteiger partial charge in [-0.1, -0.05) is 30.4 Å². The van der Waals surface area contributed by atoms with E-state index < -0.39 is 0 Å². The Morgan fingerprint density at radius 2 is 1.60 bits per heavy atom. The van der Waals surface area contributed by atoms with Gasteiger partial charge in [0.05, 0.1) is 17.5 Å². The third kappa shape index (κ3) is 2.44. The van der Waals surface area contributed by atoms with Crippen LogP contribution in [0.15, 0.2) is 60.7 Å². The number of hydrogen-bond donors (Lipinski definition) is 1. The minimum absolute atomic E-state index is 0.106. The topological polar surface area (TPSA) is 66.5 Å². The average molecular weight is 398 g/mol. The molecule has 3 fully saturated rings. The van der Waals surface area contributed by atoms with Crippen molar-refractivity contribution in [3.05, 3.63) is 71.8 Å². The lowest BCUT2D eigenvalue weighted by Gasteiger charge is -2.37. The Morgan fingerprint density at radius 1 is 0.933 bits per heavy atom. The van der Waals surface area contributed by atoms with E-state index in [1.165, 1.54) is 4.90 Å². The summed E-state index contributed by atoms with van der Waals surface area (Å²) in [5, 5.41) is 2.89. The van der Waals surface area contributed by atoms with Gasteiger partial charge in [0, 0.05) is 11.3 Å². The first-order valence-electron chi connectivity index (χ1n) is 10.6. The second-order valence-electron chi connectivity index (χ2n) is 9.04. The average Bonchev–Trinajstić information content (AvgIpc) is 3.52. The minimum atomic E-state index is -0.262. The zero-order chi connectivity index (χ0) is 20.6. The first kappa shape index (κ1) is 17.6. The lowest BCUT2D eigenvalue weighted by atomic mass is 9.63. The van der Waals surface area contributed by atoms with Gasteiger partial charge >= 0.3 is 0 Å². The second kappa shape index (κ2) is 6.14. The number of carbonyl (C=O) groups excluding carboxylic acids is 3. The van der Waals surface area contributed by atoms with Crippen molar-refractivity contribution >= 4 is 29.1 Å². The normalized spacial score (nSPS) is 32.8. The summed E-state index contributed by atoms with van der Waals surface area (Å²) in [4.78, 5) is 40.7. The zero-order valence-electron chi connectivity index (χ0n) is 16.6. The number of amides is 3. The number of rotatable bonds is 3. The third-order valence-corrected chi connectivity index (χ3v) is 7.31. The van der Waals surface area contributed by atoms with Crippen molar-refractivity contribution in [2.75, 3.05) is 10.2 Å². The fraction of sp³-hybridized carbons (Fsp3) is 0.320. The minimum Gasteiger partial charge on any atom is -0.322 e. The summed E-state index contributed by atoms with van der Waals surface area (Å²) in [7, 11) is 0. The van der Waals surface area contributed by atoms with E-state index in [1.54, 1.807) is 24.3 Å². The van der Waals surface area contributed by atoms with Crippen LogP contribution in [-0.2, 0) is 9.59 Å². The Hall–Kier alpha value is -3.21. The number of allylic oxidation sites excluding steroid dienone is 2. The van der Waals surface area contributed by atoms with Crippen LogP contribution in [-0.4, -0.2) is 17.7 Å². The smallest absolute Gasteiger partial charge is 0.255 e. The van der Waals surface area contributed by atoms with Crippen LogP contribution in [0.5, 0.6) is 0 Å². The number of hydrogen-bond acceptors (Lipinski definition) is 3. The Kier molecular flexibility index (Phi) is 3.61. The first-order valence-corrected chi connectivity index (χ1v) is 10.6. The molecule has 1 N–H and O–H groups in total. The van der Waals surface area contributed by atoms with Crippen molar-refractivity contribution < 1.29 is 14.4 Å². The second-order valence-corrected chi connectivity index (χ2v) is 9.04. The SMILES string of the molecule is Cc1cccc(NC(=O)c2cccc(N3C(=O)[C@@H]4[C@H]5C=C[C@@H]([C@@H]6C[C@H]56)[C@@H]4C3=O)c2)c1. The van der Waals surface area contributed by atoms with E-state index in [0.717, 1.165) is 12.0 Å². The molecule has 5 aliphatic rings. The molecule has 0 radical (unpaired) electrons. The van der Waals surface area contributed by atoms with Crippen molar-refractivity contribution in [2.24, 2.45) is 35.5 Å². The Labute approximate surface area is 174 Å². The van der Waals surface area contributed by atoms with Gasteiger partial charge in [0.15, 0.2) is 0 Å². The third-order valence-electron chi connectivity index (χ3n) is 7.31. The molecule has 0 unspecified atom stereocenters. The molecule has 0 aromatic heterocycles. The fourth-order valence-corrected chi connectivity index (χ4v) is 5.92. The molecule has 0 spiro atoms. The number of anilines is 2. The molecule has 1 aliphatic heterocycles. The van der Waals surface area contributed by atoms with Crippen LogP contribution < -0.4 is 10.2 Å². The highest BCUT2D eigenvalue weighted by Crippen LogP contribution is 2.65. The number of benzene rings is 2. The molecule has 2 aromatic carbocycles. The molecule has 2 bridgehead atoms. The van der Waals surface area contributed by atoms with Gasteiger partial charge in [-0.05, 0) is 72.9 Å². The van der Waals surface area contributed by atoms with Gasteiger partial charge in [-0.25, -0.2) is 4.90 Å². The largest absolute Gasteiger partial charge is 0.322 e. The molecule has 5 nitrogen and oxygen atoms in total. The maximum absolute atomic E-state index is 13.3. The van der Waals surface area contributed by atoms with Crippen molar-refractivity contribution in [2.45, 2.75) is 13.3 Å². The van der Waals surface area contributed by atoms with Crippen LogP contribution in [0, 0.1) is 42.4 Å². The van der Waals surface area contributed by atoms with Gasteiger partial charge < -0.3 is 5.32 Å². The standard InChI is InChI=1S/C25H22N2O3/c1-13-4-2-6-15(10-13)26-23(28)14-5-3-7-16(11-14)27-24(29)21-17-8-9-18(20-12-19(17)20)22(21)25(27)30/h2-11,17-22H,12H2,1H3,(H,26,28)/t17-,18-,19-,20+,21-,22+/m0/s1. The van der Waals surface area contributed by atoms with E-state index in [4.69, 9.17) is 0 Å². The van der Waals surface area contributed by atoms with Gasteiger partial charge in [0.25, 0.3) is 5.91 Å². The number of imide groups is 1. The molecule has 4 aliphatic carbocycles. The Balaban J connectivity index is 1.29. The van der Waals surface area contributed by atoms with Crippen molar-refractivity contribution in [3.8, 4) is 0 Å². The highest BCUT2D eigenvalue weighted by molar-refractivity contribution is 6.23. The van der Waals surface area contributed by atoms with E-state index in [9.17, 15) is 14.4 Å². The Bertz CT molecular complexity index is 1100. The number of nitrogens with one attached hydrogen (secondary N) is 1. The highest BCUT2D eigenvalue weighted by atomic mass is 16.2. The van der Waals surface area contributed by atoms with E-state index in [0.29, 0.717) is 28.8 Å². The molecule has 3 amide bonds. The van der Waals surface area contributed by atoms with Crippen LogP contribution >= 0.6 is 0 Å². The highest BCUT2D eigenvalue weighted by Gasteiger charge is 2.67. The first-order chi connectivity index (χ1) is 14.5. The molecular formula is C25H22N2O3. The lowest BCUT2D eigenvalue weighted by molar-refractivity contribution is -0.124. The van der Waals surface area contributed by atoms with Crippen molar-refractivity contribution in [1.82, 2.24) is 0 Å². The molecule has 1 saturated heterocycles. The molecule has 30 heavy (non-hydrogen) atoms. The van der Waals surface area contributed by atoms with Gasteiger partial charge in [-0.3, -0.25) is 14.4 Å². The maximum atomic E-state index is 13.3. The van der Waals surface area contributed by atoms with Gasteiger partial charge in [-0.2, -0.15) is 0 Å². The summed E-state index contributed by atoms with van der Waals surface area (Å²) < 4.78 is 0. The predicted molar refractivity (Wildman–Crippen MR) is 113 cm³/mol. The number of nitrogens with zero attached hydrogens (tertiary/aromatic N) is 1. The summed E-state index contributed by atoms with van der Waals surface area (Å²) in [5.74, 6) is 0.591. The van der Waals surface area contributed by atoms with Crippen LogP contribution in [0.25, 0.3) is 0 Å². The molecule has 150 valence electrons. The van der Waals surface area contributed by atoms with E-state index in [-0.39, 0.29) is 41.4 Å². The van der Waals surface area contributed by atoms with E-state index in [1.807, 2.05) is 31.2 Å². The maximum Gasteiger partial charge on any atom is 0.255 e. The zero-order valence-corrected chi connectivity index (χ0v) is 16.6. The molecule has 2 aromatic rings. The summed E-state index contributed by atoms with van der Waals surface area (Å²) in [6.07, 6.45) is 5.48. The fourth-order valence-electron chi connectivity index (χ4n) is 5.92. The molecule has 1 heterocycles. The van der Waals surface area contributed by atoms with Crippen LogP contribution in [0.3, 0.4) is 0 Å². The molecule has 2 saturated carbocycles. The van der Waals surface area contributed by atoms with Crippen molar-refractivity contribution in [1.29, 1.82) is 0 Å². The summed E-state index contributed by atoms with van der Waals surface area (Å²) in [5.41, 5.74) is 2.68. The summed E-state index contributed by atoms with van der Waals surface area (Å²) >= 11 is 0. The number of aryl methyl sites for hydroxylation is 1. The monoisotopic (exact) mass is 398 g/mol. The van der Waals surface area contributed by atoms with Crippen LogP contribution in [0.4, 0.5) is 11.4 Å². The lowest BCUT2D eigenvalue weighted by Crippen LogP contribution is -2.40. The van der Waals surface area contributed by atoms with Gasteiger partial charge in [0.2, 0.25) is 11.8 Å². The molecule has 6 atom stereocenters. The summed E-state index contributed by atoms with van der Waals surface area (Å²) in [6, 6.07) is 14.4. The Morgan fingerprint density at radius 3 is 2.27 bits per heavy atom. The van der Waals surface area contributed by atoms with Crippen molar-refractivity contribution in [3.63, 3.8) is 0 Å². The molecule has 7 rings (SSSR count). The summed E-state index contributed by atoms with van der Waals surface area (Å²) in [6.45, 7) is 1.96. The van der Waals surface area contributed by atoms with Crippen LogP contribution in [0.2, 0.25) is 0 Å². The van der Waals surface area contributed by atoms with Gasteiger partial charge in [0.1, 0.15) is 0 Å². The van der Waals surface area contributed by atoms with Gasteiger partial charge in [-0.15, -0.1) is 0 Å². The molecule has 5 heteroatoms. The predicted octanol–water partition coefficient (Wildman–Crippen LogP) is 3.80. The number of carbonyl (C=O) groups is 3. The van der Waals surface area contributed by atoms with Crippen LogP contribution in [0.1, 0.15) is 22.3 Å². The molecular weight excluding hydrogens is 376 g/mol.